The van der Waals surface area contributed by atoms with E-state index in [-0.39, 0.29) is 6.54 Å². The fourth-order valence-electron chi connectivity index (χ4n) is 1.11. The molecule has 0 aliphatic heterocycles. The minimum atomic E-state index is -0.438. The third-order valence-corrected chi connectivity index (χ3v) is 1.82. The molecule has 2 aromatic heterocycles. The molecule has 2 aromatic rings. The van der Waals surface area contributed by atoms with E-state index < -0.39 is 4.92 Å². The van der Waals surface area contributed by atoms with E-state index in [0.29, 0.717) is 16.5 Å². The molecule has 7 heteroatoms. The first-order chi connectivity index (χ1) is 6.65. The molecular formula is C7H5ClN4O2. The molecule has 0 bridgehead atoms. The van der Waals surface area contributed by atoms with Gasteiger partial charge < -0.3 is 0 Å². The van der Waals surface area contributed by atoms with E-state index in [0.717, 1.165) is 0 Å². The Hall–Kier alpha value is -1.69. The van der Waals surface area contributed by atoms with Crippen LogP contribution in [0, 0.1) is 10.1 Å². The molecule has 14 heavy (non-hydrogen) atoms. The van der Waals surface area contributed by atoms with Crippen molar-refractivity contribution in [1.29, 1.82) is 0 Å². The van der Waals surface area contributed by atoms with Gasteiger partial charge in [0.1, 0.15) is 10.8 Å². The molecule has 0 fully saturated rings. The highest BCUT2D eigenvalue weighted by molar-refractivity contribution is 6.29. The number of aromatic nitrogens is 3. The van der Waals surface area contributed by atoms with Gasteiger partial charge in [-0.05, 0) is 12.1 Å². The second-order valence-electron chi connectivity index (χ2n) is 2.68. The van der Waals surface area contributed by atoms with Crippen molar-refractivity contribution in [3.63, 3.8) is 0 Å². The summed E-state index contributed by atoms with van der Waals surface area (Å²) in [5.41, 5.74) is 0.943. The van der Waals surface area contributed by atoms with Gasteiger partial charge in [0.15, 0.2) is 5.65 Å². The van der Waals surface area contributed by atoms with Crippen LogP contribution in [0.15, 0.2) is 18.3 Å². The third kappa shape index (κ3) is 1.64. The second kappa shape index (κ2) is 3.22. The number of rotatable bonds is 2. The van der Waals surface area contributed by atoms with Crippen LogP contribution in [-0.4, -0.2) is 19.5 Å². The van der Waals surface area contributed by atoms with Crippen molar-refractivity contribution in [2.75, 3.05) is 0 Å². The van der Waals surface area contributed by atoms with Crippen LogP contribution in [0.25, 0.3) is 5.65 Å². The maximum absolute atomic E-state index is 10.2. The van der Waals surface area contributed by atoms with Crippen LogP contribution < -0.4 is 0 Å². The average molecular weight is 213 g/mol. The van der Waals surface area contributed by atoms with Crippen molar-refractivity contribution in [3.8, 4) is 0 Å². The maximum atomic E-state index is 10.2. The fraction of sp³-hybridized carbons (Fsp3) is 0.143. The smallest absolute Gasteiger partial charge is 0.247 e. The molecule has 0 spiro atoms. The highest BCUT2D eigenvalue weighted by Gasteiger charge is 2.05. The highest BCUT2D eigenvalue weighted by Crippen LogP contribution is 2.09. The third-order valence-electron chi connectivity index (χ3n) is 1.64. The molecule has 0 radical (unpaired) electrons. The molecule has 0 amide bonds. The van der Waals surface area contributed by atoms with Gasteiger partial charge in [0.05, 0.1) is 6.20 Å². The van der Waals surface area contributed by atoms with Crippen molar-refractivity contribution in [2.45, 2.75) is 6.54 Å². The van der Waals surface area contributed by atoms with Gasteiger partial charge in [-0.15, -0.1) is 0 Å². The van der Waals surface area contributed by atoms with E-state index in [4.69, 9.17) is 11.6 Å². The Morgan fingerprint density at radius 2 is 2.36 bits per heavy atom. The molecule has 2 rings (SSSR count). The number of halogens is 1. The minimum absolute atomic E-state index is 0.300. The number of nitro groups is 1. The first kappa shape index (κ1) is 8.89. The van der Waals surface area contributed by atoms with Gasteiger partial charge in [-0.1, -0.05) is 11.6 Å². The van der Waals surface area contributed by atoms with E-state index in [1.807, 2.05) is 0 Å². The quantitative estimate of drug-likeness (QED) is 0.553. The lowest BCUT2D eigenvalue weighted by atomic mass is 10.4. The van der Waals surface area contributed by atoms with Gasteiger partial charge >= 0.3 is 0 Å². The van der Waals surface area contributed by atoms with Crippen molar-refractivity contribution in [3.05, 3.63) is 39.3 Å². The molecule has 2 heterocycles. The summed E-state index contributed by atoms with van der Waals surface area (Å²) >= 11 is 5.64. The molecule has 0 aromatic carbocycles. The molecule has 6 nitrogen and oxygen atoms in total. The molecular weight excluding hydrogens is 208 g/mol. The topological polar surface area (TPSA) is 73.3 Å². The van der Waals surface area contributed by atoms with Gasteiger partial charge in [-0.3, -0.25) is 10.1 Å². The van der Waals surface area contributed by atoms with Gasteiger partial charge in [-0.25, -0.2) is 9.50 Å². The summed E-state index contributed by atoms with van der Waals surface area (Å²) in [7, 11) is 0. The van der Waals surface area contributed by atoms with Gasteiger partial charge in [0.2, 0.25) is 6.54 Å². The molecule has 0 saturated heterocycles. The average Bonchev–Trinajstić information content (AvgIpc) is 2.42. The zero-order chi connectivity index (χ0) is 10.1. The zero-order valence-electron chi connectivity index (χ0n) is 6.92. The number of hydrogen-bond donors (Lipinski definition) is 0. The number of nitrogens with zero attached hydrogens (tertiary/aromatic N) is 4. The first-order valence-corrected chi connectivity index (χ1v) is 4.15. The first-order valence-electron chi connectivity index (χ1n) is 3.78. The largest absolute Gasteiger partial charge is 0.264 e. The lowest BCUT2D eigenvalue weighted by Crippen LogP contribution is -2.03. The summed E-state index contributed by atoms with van der Waals surface area (Å²) in [4.78, 5) is 13.7. The van der Waals surface area contributed by atoms with Crippen LogP contribution in [0.4, 0.5) is 0 Å². The van der Waals surface area contributed by atoms with Crippen LogP contribution in [0.2, 0.25) is 5.15 Å². The number of hydrogen-bond acceptors (Lipinski definition) is 4. The highest BCUT2D eigenvalue weighted by atomic mass is 35.5. The van der Waals surface area contributed by atoms with Crippen molar-refractivity contribution in [1.82, 2.24) is 14.6 Å². The van der Waals surface area contributed by atoms with Crippen LogP contribution in [-0.2, 0) is 6.54 Å². The van der Waals surface area contributed by atoms with Crippen molar-refractivity contribution >= 4 is 17.2 Å². The van der Waals surface area contributed by atoms with Gasteiger partial charge in [-0.2, -0.15) is 5.10 Å². The maximum Gasteiger partial charge on any atom is 0.247 e. The Morgan fingerprint density at radius 1 is 1.57 bits per heavy atom. The lowest BCUT2D eigenvalue weighted by Gasteiger charge is -1.95. The zero-order valence-corrected chi connectivity index (χ0v) is 7.68. The summed E-state index contributed by atoms with van der Waals surface area (Å²) < 4.78 is 1.42. The summed E-state index contributed by atoms with van der Waals surface area (Å²) in [6.45, 7) is -0.300. The Kier molecular flexibility index (Phi) is 2.05. The molecule has 0 atom stereocenters. The fourth-order valence-corrected chi connectivity index (χ4v) is 1.29. The van der Waals surface area contributed by atoms with Gasteiger partial charge in [0.25, 0.3) is 0 Å². The predicted octanol–water partition coefficient (Wildman–Crippen LogP) is 1.16. The minimum Gasteiger partial charge on any atom is -0.264 e. The number of fused-ring (bicyclic) bond motifs is 1. The summed E-state index contributed by atoms with van der Waals surface area (Å²) in [6.07, 6.45) is 1.50. The van der Waals surface area contributed by atoms with Crippen LogP contribution >= 0.6 is 11.6 Å². The molecule has 0 aliphatic carbocycles. The van der Waals surface area contributed by atoms with E-state index in [1.165, 1.54) is 10.7 Å². The van der Waals surface area contributed by atoms with E-state index in [2.05, 4.69) is 10.1 Å². The molecule has 0 N–H and O–H groups in total. The Balaban J connectivity index is 2.45. The monoisotopic (exact) mass is 212 g/mol. The van der Waals surface area contributed by atoms with Crippen LogP contribution in [0.5, 0.6) is 0 Å². The SMILES string of the molecule is O=[N+]([O-])Cc1ccc2nc(Cl)cn2n1. The summed E-state index contributed by atoms with van der Waals surface area (Å²) in [5.74, 6) is 0. The normalized spacial score (nSPS) is 10.6. The van der Waals surface area contributed by atoms with E-state index >= 15 is 0 Å². The Labute approximate surface area is 83.3 Å². The lowest BCUT2D eigenvalue weighted by molar-refractivity contribution is -0.497. The van der Waals surface area contributed by atoms with Crippen LogP contribution in [0.1, 0.15) is 5.69 Å². The van der Waals surface area contributed by atoms with Crippen molar-refractivity contribution < 1.29 is 4.92 Å². The molecule has 72 valence electrons. The summed E-state index contributed by atoms with van der Waals surface area (Å²) in [5, 5.41) is 14.5. The molecule has 0 unspecified atom stereocenters. The Morgan fingerprint density at radius 3 is 3.07 bits per heavy atom. The second-order valence-corrected chi connectivity index (χ2v) is 3.07. The van der Waals surface area contributed by atoms with E-state index in [9.17, 15) is 10.1 Å². The van der Waals surface area contributed by atoms with Crippen LogP contribution in [0.3, 0.4) is 0 Å². The Bertz CT molecular complexity index is 495. The van der Waals surface area contributed by atoms with Crippen molar-refractivity contribution in [2.24, 2.45) is 0 Å². The number of imidazole rings is 1. The van der Waals surface area contributed by atoms with E-state index in [1.54, 1.807) is 12.1 Å². The summed E-state index contributed by atoms with van der Waals surface area (Å²) in [6, 6.07) is 3.19. The molecule has 0 saturated carbocycles. The standard InChI is InChI=1S/C7H5ClN4O2/c8-6-4-11-7(9-6)2-1-5(10-11)3-12(13)14/h1-2,4H,3H2. The van der Waals surface area contributed by atoms with Gasteiger partial charge in [0, 0.05) is 4.92 Å². The molecule has 0 aliphatic rings. The predicted molar refractivity (Wildman–Crippen MR) is 48.7 cm³/mol.